The summed E-state index contributed by atoms with van der Waals surface area (Å²) in [6.07, 6.45) is 13.9. The molecule has 0 bridgehead atoms. The number of nitrogens with one attached hydrogen (secondary N) is 1. The van der Waals surface area contributed by atoms with Crippen LogP contribution in [-0.4, -0.2) is 29.2 Å². The van der Waals surface area contributed by atoms with Crippen molar-refractivity contribution >= 4 is 0 Å². The van der Waals surface area contributed by atoms with Gasteiger partial charge in [0.15, 0.2) is 5.75 Å². The predicted octanol–water partition coefficient (Wildman–Crippen LogP) is 2.73. The van der Waals surface area contributed by atoms with Crippen molar-refractivity contribution in [1.29, 1.82) is 0 Å². The van der Waals surface area contributed by atoms with Crippen LogP contribution in [0.25, 0.3) is 0 Å². The van der Waals surface area contributed by atoms with Gasteiger partial charge < -0.3 is 10.1 Å². The number of ether oxygens (including phenoxy) is 1. The van der Waals surface area contributed by atoms with Gasteiger partial charge in [-0.3, -0.25) is 0 Å². The fourth-order valence-corrected chi connectivity index (χ4v) is 3.24. The van der Waals surface area contributed by atoms with E-state index in [1.807, 2.05) is 12.4 Å². The number of hydrogen-bond acceptors (Lipinski definition) is 4. The summed E-state index contributed by atoms with van der Waals surface area (Å²) in [6, 6.07) is 0. The van der Waals surface area contributed by atoms with E-state index in [9.17, 15) is 0 Å². The lowest BCUT2D eigenvalue weighted by Gasteiger charge is -2.23. The summed E-state index contributed by atoms with van der Waals surface area (Å²) in [5, 5.41) is 3.44. The van der Waals surface area contributed by atoms with Crippen molar-refractivity contribution in [2.24, 2.45) is 5.92 Å². The van der Waals surface area contributed by atoms with Crippen molar-refractivity contribution in [2.45, 2.75) is 57.5 Å². The van der Waals surface area contributed by atoms with Crippen molar-refractivity contribution in [3.05, 3.63) is 18.2 Å². The summed E-state index contributed by atoms with van der Waals surface area (Å²) in [5.41, 5.74) is 0. The highest BCUT2D eigenvalue weighted by molar-refractivity contribution is 5.13. The fourth-order valence-electron chi connectivity index (χ4n) is 3.24. The zero-order chi connectivity index (χ0) is 13.6. The Morgan fingerprint density at radius 2 is 1.85 bits per heavy atom. The molecule has 1 aromatic rings. The molecule has 4 heteroatoms. The highest BCUT2D eigenvalue weighted by Crippen LogP contribution is 2.22. The van der Waals surface area contributed by atoms with E-state index in [-0.39, 0.29) is 0 Å². The van der Waals surface area contributed by atoms with Gasteiger partial charge >= 0.3 is 0 Å². The number of aromatic nitrogens is 2. The minimum Gasteiger partial charge on any atom is -0.487 e. The van der Waals surface area contributed by atoms with Crippen LogP contribution < -0.4 is 10.1 Å². The average Bonchev–Trinajstić information content (AvgIpc) is 2.51. The standard InChI is InChI=1S/C16H25N3O/c1-2-6-14(7-3-1)20-15-11-18-16(19-12-15)9-13-5-4-8-17-10-13/h11-14,17H,1-10H2. The third-order valence-corrected chi connectivity index (χ3v) is 4.41. The molecule has 3 rings (SSSR count). The van der Waals surface area contributed by atoms with Crippen LogP contribution in [0.5, 0.6) is 5.75 Å². The predicted molar refractivity (Wildman–Crippen MR) is 78.8 cm³/mol. The van der Waals surface area contributed by atoms with Gasteiger partial charge in [-0.15, -0.1) is 0 Å². The van der Waals surface area contributed by atoms with Gasteiger partial charge in [-0.1, -0.05) is 6.42 Å². The highest BCUT2D eigenvalue weighted by Gasteiger charge is 2.17. The molecule has 2 heterocycles. The van der Waals surface area contributed by atoms with E-state index >= 15 is 0 Å². The zero-order valence-corrected chi connectivity index (χ0v) is 12.2. The van der Waals surface area contributed by atoms with Gasteiger partial charge in [-0.05, 0) is 57.5 Å². The van der Waals surface area contributed by atoms with Gasteiger partial charge in [0.05, 0.1) is 18.5 Å². The summed E-state index contributed by atoms with van der Waals surface area (Å²) < 4.78 is 5.96. The largest absolute Gasteiger partial charge is 0.487 e. The van der Waals surface area contributed by atoms with Crippen molar-refractivity contribution in [1.82, 2.24) is 15.3 Å². The van der Waals surface area contributed by atoms with E-state index in [0.717, 1.165) is 31.1 Å². The van der Waals surface area contributed by atoms with Gasteiger partial charge in [0, 0.05) is 6.42 Å². The van der Waals surface area contributed by atoms with Crippen molar-refractivity contribution in [3.8, 4) is 5.75 Å². The Morgan fingerprint density at radius 3 is 2.55 bits per heavy atom. The van der Waals surface area contributed by atoms with Crippen LogP contribution in [0.1, 0.15) is 50.8 Å². The monoisotopic (exact) mass is 275 g/mol. The van der Waals surface area contributed by atoms with Crippen molar-refractivity contribution in [2.75, 3.05) is 13.1 Å². The highest BCUT2D eigenvalue weighted by atomic mass is 16.5. The van der Waals surface area contributed by atoms with Gasteiger partial charge in [-0.25, -0.2) is 9.97 Å². The first kappa shape index (κ1) is 13.8. The molecule has 1 aromatic heterocycles. The first-order valence-corrected chi connectivity index (χ1v) is 8.08. The molecule has 1 aliphatic carbocycles. The third-order valence-electron chi connectivity index (χ3n) is 4.41. The first-order valence-electron chi connectivity index (χ1n) is 8.08. The van der Waals surface area contributed by atoms with E-state index in [1.165, 1.54) is 44.9 Å². The number of hydrogen-bond donors (Lipinski definition) is 1. The van der Waals surface area contributed by atoms with E-state index in [0.29, 0.717) is 12.0 Å². The second-order valence-electron chi connectivity index (χ2n) is 6.13. The molecule has 0 spiro atoms. The maximum Gasteiger partial charge on any atom is 0.156 e. The van der Waals surface area contributed by atoms with Crippen LogP contribution >= 0.6 is 0 Å². The molecule has 2 fully saturated rings. The zero-order valence-electron chi connectivity index (χ0n) is 12.2. The average molecular weight is 275 g/mol. The smallest absolute Gasteiger partial charge is 0.156 e. The van der Waals surface area contributed by atoms with E-state index in [4.69, 9.17) is 4.74 Å². The summed E-state index contributed by atoms with van der Waals surface area (Å²) in [7, 11) is 0. The summed E-state index contributed by atoms with van der Waals surface area (Å²) >= 11 is 0. The summed E-state index contributed by atoms with van der Waals surface area (Å²) in [5.74, 6) is 2.48. The molecule has 0 amide bonds. The molecule has 0 radical (unpaired) electrons. The Balaban J connectivity index is 1.51. The number of piperidine rings is 1. The summed E-state index contributed by atoms with van der Waals surface area (Å²) in [4.78, 5) is 8.95. The SMILES string of the molecule is c1nc(CC2CCCNC2)ncc1OC1CCCCC1. The Labute approximate surface area is 121 Å². The first-order chi connectivity index (χ1) is 9.90. The molecule has 1 atom stereocenters. The molecule has 1 saturated carbocycles. The van der Waals surface area contributed by atoms with Gasteiger partial charge in [0.25, 0.3) is 0 Å². The molecule has 0 aromatic carbocycles. The van der Waals surface area contributed by atoms with Gasteiger partial charge in [0.2, 0.25) is 0 Å². The molecule has 2 aliphatic rings. The number of rotatable bonds is 4. The lowest BCUT2D eigenvalue weighted by molar-refractivity contribution is 0.153. The molecular formula is C16H25N3O. The Hall–Kier alpha value is -1.16. The van der Waals surface area contributed by atoms with E-state index in [1.54, 1.807) is 0 Å². The van der Waals surface area contributed by atoms with Crippen LogP contribution in [-0.2, 0) is 6.42 Å². The molecule has 1 unspecified atom stereocenters. The van der Waals surface area contributed by atoms with Gasteiger partial charge in [0.1, 0.15) is 5.82 Å². The molecular weight excluding hydrogens is 250 g/mol. The maximum absolute atomic E-state index is 5.96. The Kier molecular flexibility index (Phi) is 4.85. The molecule has 110 valence electrons. The maximum atomic E-state index is 5.96. The molecule has 1 N–H and O–H groups in total. The van der Waals surface area contributed by atoms with Crippen LogP contribution in [0, 0.1) is 5.92 Å². The molecule has 1 saturated heterocycles. The second kappa shape index (κ2) is 7.02. The van der Waals surface area contributed by atoms with E-state index in [2.05, 4.69) is 15.3 Å². The molecule has 20 heavy (non-hydrogen) atoms. The normalized spacial score (nSPS) is 24.5. The van der Waals surface area contributed by atoms with Crippen molar-refractivity contribution in [3.63, 3.8) is 0 Å². The lowest BCUT2D eigenvalue weighted by Crippen LogP contribution is -2.31. The number of nitrogens with zero attached hydrogens (tertiary/aromatic N) is 2. The van der Waals surface area contributed by atoms with Crippen LogP contribution in [0.2, 0.25) is 0 Å². The third kappa shape index (κ3) is 3.92. The van der Waals surface area contributed by atoms with Crippen LogP contribution in [0.15, 0.2) is 12.4 Å². The molecule has 1 aliphatic heterocycles. The van der Waals surface area contributed by atoms with Gasteiger partial charge in [-0.2, -0.15) is 0 Å². The van der Waals surface area contributed by atoms with E-state index < -0.39 is 0 Å². The van der Waals surface area contributed by atoms with Crippen molar-refractivity contribution < 1.29 is 4.74 Å². The quantitative estimate of drug-likeness (QED) is 0.918. The van der Waals surface area contributed by atoms with Crippen LogP contribution in [0.4, 0.5) is 0 Å². The Bertz CT molecular complexity index is 356. The second-order valence-corrected chi connectivity index (χ2v) is 6.13. The van der Waals surface area contributed by atoms with Crippen LogP contribution in [0.3, 0.4) is 0 Å². The minimum atomic E-state index is 0.376. The fraction of sp³-hybridized carbons (Fsp3) is 0.750. The summed E-state index contributed by atoms with van der Waals surface area (Å²) in [6.45, 7) is 2.26. The minimum absolute atomic E-state index is 0.376. The Morgan fingerprint density at radius 1 is 1.05 bits per heavy atom. The molecule has 4 nitrogen and oxygen atoms in total. The lowest BCUT2D eigenvalue weighted by atomic mass is 9.96. The topological polar surface area (TPSA) is 47.0 Å².